The number of aliphatic hydroxyl groups excluding tert-OH is 1. The Morgan fingerprint density at radius 1 is 1.08 bits per heavy atom. The van der Waals surface area contributed by atoms with Gasteiger partial charge in [-0.2, -0.15) is 0 Å². The Kier molecular flexibility index (Phi) is 12.1. The number of benzene rings is 1. The van der Waals surface area contributed by atoms with Crippen LogP contribution >= 0.6 is 0 Å². The SMILES string of the molecule is C=CCOCC(O)COc1cccc(CCCCCCCCC)c1. The number of rotatable bonds is 15. The molecule has 1 N–H and O–H groups in total. The van der Waals surface area contributed by atoms with Gasteiger partial charge in [0.15, 0.2) is 0 Å². The number of ether oxygens (including phenoxy) is 2. The van der Waals surface area contributed by atoms with Gasteiger partial charge >= 0.3 is 0 Å². The summed E-state index contributed by atoms with van der Waals surface area (Å²) < 4.78 is 10.9. The molecule has 24 heavy (non-hydrogen) atoms. The molecule has 0 amide bonds. The standard InChI is InChI=1S/C21H34O3/c1-3-5-6-7-8-9-10-12-19-13-11-14-21(16-19)24-18-20(22)17-23-15-4-2/h4,11,13-14,16,20,22H,2-3,5-10,12,15,17-18H2,1H3. The number of hydrogen-bond donors (Lipinski definition) is 1. The van der Waals surface area contributed by atoms with Gasteiger partial charge < -0.3 is 14.6 Å². The van der Waals surface area contributed by atoms with Crippen molar-refractivity contribution in [1.82, 2.24) is 0 Å². The van der Waals surface area contributed by atoms with E-state index in [0.717, 1.165) is 12.2 Å². The first-order valence-corrected chi connectivity index (χ1v) is 9.34. The minimum Gasteiger partial charge on any atom is -0.491 e. The van der Waals surface area contributed by atoms with Gasteiger partial charge in [-0.25, -0.2) is 0 Å². The number of unbranched alkanes of at least 4 members (excludes halogenated alkanes) is 6. The van der Waals surface area contributed by atoms with Crippen molar-refractivity contribution >= 4 is 0 Å². The molecule has 1 aromatic carbocycles. The summed E-state index contributed by atoms with van der Waals surface area (Å²) in [4.78, 5) is 0. The van der Waals surface area contributed by atoms with Crippen LogP contribution in [0, 0.1) is 0 Å². The molecule has 0 heterocycles. The maximum Gasteiger partial charge on any atom is 0.119 e. The van der Waals surface area contributed by atoms with Crippen molar-refractivity contribution in [2.24, 2.45) is 0 Å². The lowest BCUT2D eigenvalue weighted by Crippen LogP contribution is -2.23. The maximum atomic E-state index is 9.78. The maximum absolute atomic E-state index is 9.78. The lowest BCUT2D eigenvalue weighted by molar-refractivity contribution is 0.0214. The smallest absolute Gasteiger partial charge is 0.119 e. The molecule has 3 nitrogen and oxygen atoms in total. The van der Waals surface area contributed by atoms with Crippen LogP contribution in [0.3, 0.4) is 0 Å². The van der Waals surface area contributed by atoms with Gasteiger partial charge in [0.2, 0.25) is 0 Å². The first-order valence-electron chi connectivity index (χ1n) is 9.34. The molecule has 1 unspecified atom stereocenters. The molecule has 1 rings (SSSR count). The van der Waals surface area contributed by atoms with E-state index in [2.05, 4.69) is 25.6 Å². The molecule has 0 aliphatic heterocycles. The molecule has 136 valence electrons. The van der Waals surface area contributed by atoms with E-state index in [0.29, 0.717) is 6.61 Å². The minimum atomic E-state index is -0.614. The number of hydrogen-bond acceptors (Lipinski definition) is 3. The van der Waals surface area contributed by atoms with Gasteiger partial charge in [0, 0.05) is 0 Å². The molecule has 0 aromatic heterocycles. The predicted octanol–water partition coefficient (Wildman–Crippen LogP) is 4.92. The fourth-order valence-corrected chi connectivity index (χ4v) is 2.60. The van der Waals surface area contributed by atoms with E-state index in [1.165, 1.54) is 50.5 Å². The Hall–Kier alpha value is -1.32. The van der Waals surface area contributed by atoms with Crippen LogP contribution in [-0.2, 0) is 11.2 Å². The Balaban J connectivity index is 2.19. The van der Waals surface area contributed by atoms with E-state index in [9.17, 15) is 5.11 Å². The van der Waals surface area contributed by atoms with Crippen LogP contribution in [0.1, 0.15) is 57.4 Å². The van der Waals surface area contributed by atoms with E-state index < -0.39 is 6.10 Å². The highest BCUT2D eigenvalue weighted by Crippen LogP contribution is 2.16. The van der Waals surface area contributed by atoms with E-state index in [1.807, 2.05) is 12.1 Å². The largest absolute Gasteiger partial charge is 0.491 e. The summed E-state index contributed by atoms with van der Waals surface area (Å²) in [6, 6.07) is 8.18. The topological polar surface area (TPSA) is 38.7 Å². The average Bonchev–Trinajstić information content (AvgIpc) is 2.60. The summed E-state index contributed by atoms with van der Waals surface area (Å²) in [6.07, 6.45) is 11.4. The van der Waals surface area contributed by atoms with Crippen molar-refractivity contribution < 1.29 is 14.6 Å². The van der Waals surface area contributed by atoms with E-state index in [4.69, 9.17) is 9.47 Å². The van der Waals surface area contributed by atoms with Gasteiger partial charge in [0.05, 0.1) is 13.2 Å². The van der Waals surface area contributed by atoms with E-state index >= 15 is 0 Å². The van der Waals surface area contributed by atoms with E-state index in [1.54, 1.807) is 6.08 Å². The first kappa shape index (κ1) is 20.7. The molecule has 0 spiro atoms. The lowest BCUT2D eigenvalue weighted by atomic mass is 10.0. The van der Waals surface area contributed by atoms with Gasteiger partial charge in [-0.15, -0.1) is 6.58 Å². The third-order valence-corrected chi connectivity index (χ3v) is 3.96. The molecule has 3 heteroatoms. The van der Waals surface area contributed by atoms with Crippen molar-refractivity contribution in [2.45, 2.75) is 64.4 Å². The number of aryl methyl sites for hydroxylation is 1. The Labute approximate surface area is 147 Å². The molecular weight excluding hydrogens is 300 g/mol. The Morgan fingerprint density at radius 2 is 1.83 bits per heavy atom. The molecule has 0 aliphatic carbocycles. The zero-order valence-electron chi connectivity index (χ0n) is 15.2. The highest BCUT2D eigenvalue weighted by molar-refractivity contribution is 5.28. The molecule has 0 saturated carbocycles. The highest BCUT2D eigenvalue weighted by Gasteiger charge is 2.05. The highest BCUT2D eigenvalue weighted by atomic mass is 16.5. The molecule has 1 aromatic rings. The number of aliphatic hydroxyl groups is 1. The lowest BCUT2D eigenvalue weighted by Gasteiger charge is -2.13. The minimum absolute atomic E-state index is 0.248. The van der Waals surface area contributed by atoms with Crippen molar-refractivity contribution in [1.29, 1.82) is 0 Å². The van der Waals surface area contributed by atoms with Crippen LogP contribution in [0.25, 0.3) is 0 Å². The third-order valence-electron chi connectivity index (χ3n) is 3.96. The summed E-state index contributed by atoms with van der Waals surface area (Å²) in [5, 5.41) is 9.78. The molecule has 0 saturated heterocycles. The van der Waals surface area contributed by atoms with Crippen LogP contribution in [0.5, 0.6) is 5.75 Å². The zero-order chi connectivity index (χ0) is 17.5. The second-order valence-electron chi connectivity index (χ2n) is 6.31. The average molecular weight is 335 g/mol. The van der Waals surface area contributed by atoms with Gasteiger partial charge in [-0.1, -0.05) is 63.7 Å². The fourth-order valence-electron chi connectivity index (χ4n) is 2.60. The van der Waals surface area contributed by atoms with Crippen LogP contribution in [0.4, 0.5) is 0 Å². The predicted molar refractivity (Wildman–Crippen MR) is 101 cm³/mol. The van der Waals surface area contributed by atoms with Crippen LogP contribution in [0.2, 0.25) is 0 Å². The first-order chi connectivity index (χ1) is 11.8. The Bertz CT molecular complexity index is 431. The van der Waals surface area contributed by atoms with Gasteiger partial charge in [0.1, 0.15) is 18.5 Å². The van der Waals surface area contributed by atoms with Gasteiger partial charge in [-0.3, -0.25) is 0 Å². The summed E-state index contributed by atoms with van der Waals surface area (Å²) in [5.74, 6) is 0.818. The second-order valence-corrected chi connectivity index (χ2v) is 6.31. The summed E-state index contributed by atoms with van der Waals surface area (Å²) >= 11 is 0. The molecule has 0 radical (unpaired) electrons. The van der Waals surface area contributed by atoms with Crippen molar-refractivity contribution in [3.8, 4) is 5.75 Å². The summed E-state index contributed by atoms with van der Waals surface area (Å²) in [5.41, 5.74) is 1.30. The zero-order valence-corrected chi connectivity index (χ0v) is 15.2. The Morgan fingerprint density at radius 3 is 2.58 bits per heavy atom. The van der Waals surface area contributed by atoms with Crippen molar-refractivity contribution in [3.63, 3.8) is 0 Å². The van der Waals surface area contributed by atoms with Crippen molar-refractivity contribution in [3.05, 3.63) is 42.5 Å². The fraction of sp³-hybridized carbons (Fsp3) is 0.619. The van der Waals surface area contributed by atoms with Crippen LogP contribution in [-0.4, -0.2) is 31.0 Å². The molecular formula is C21H34O3. The van der Waals surface area contributed by atoms with E-state index in [-0.39, 0.29) is 13.2 Å². The summed E-state index contributed by atoms with van der Waals surface area (Å²) in [7, 11) is 0. The molecule has 1 atom stereocenters. The molecule has 0 aliphatic rings. The quantitative estimate of drug-likeness (QED) is 0.365. The summed E-state index contributed by atoms with van der Waals surface area (Å²) in [6.45, 7) is 6.79. The molecule has 0 bridgehead atoms. The van der Waals surface area contributed by atoms with Crippen molar-refractivity contribution in [2.75, 3.05) is 19.8 Å². The van der Waals surface area contributed by atoms with Crippen LogP contribution in [0.15, 0.2) is 36.9 Å². The van der Waals surface area contributed by atoms with Crippen LogP contribution < -0.4 is 4.74 Å². The monoisotopic (exact) mass is 334 g/mol. The second kappa shape index (κ2) is 14.1. The normalized spacial score (nSPS) is 12.1. The molecule has 0 fully saturated rings. The third kappa shape index (κ3) is 10.5. The van der Waals surface area contributed by atoms with Gasteiger partial charge in [-0.05, 0) is 30.5 Å². The van der Waals surface area contributed by atoms with Gasteiger partial charge in [0.25, 0.3) is 0 Å².